The molecule has 1 N–H and O–H groups in total. The third kappa shape index (κ3) is 3.95. The van der Waals surface area contributed by atoms with Gasteiger partial charge in [-0.1, -0.05) is 18.2 Å². The number of benzene rings is 2. The Morgan fingerprint density at radius 2 is 1.88 bits per heavy atom. The number of aromatic nitrogens is 6. The number of hydrogen-bond acceptors (Lipinski definition) is 5. The van der Waals surface area contributed by atoms with Crippen LogP contribution in [0, 0.1) is 6.92 Å². The minimum absolute atomic E-state index is 0.240. The lowest BCUT2D eigenvalue weighted by Gasteiger charge is -2.08. The van der Waals surface area contributed by atoms with Crippen LogP contribution >= 0.6 is 11.6 Å². The number of hydrogen-bond donors (Lipinski definition) is 1. The van der Waals surface area contributed by atoms with Gasteiger partial charge in [-0.2, -0.15) is 5.10 Å². The summed E-state index contributed by atoms with van der Waals surface area (Å²) in [7, 11) is 0. The van der Waals surface area contributed by atoms with Gasteiger partial charge in [-0.15, -0.1) is 0 Å². The fourth-order valence-corrected chi connectivity index (χ4v) is 3.52. The number of nitrogens with zero attached hydrogens (tertiary/aromatic N) is 5. The Bertz CT molecular complexity index is 1520. The van der Waals surface area contributed by atoms with Crippen molar-refractivity contribution in [1.82, 2.24) is 29.7 Å². The van der Waals surface area contributed by atoms with Crippen LogP contribution in [0.5, 0.6) is 11.5 Å². The van der Waals surface area contributed by atoms with E-state index in [0.29, 0.717) is 33.8 Å². The molecule has 5 rings (SSSR count). The SMILES string of the molecule is C=C(F)/C=C/n1cc(-c2nc3cc(Oc4ccc5nc(C)[nH]c5c4)ccc3nc2Cl)cn1. The van der Waals surface area contributed by atoms with Crippen LogP contribution in [0.15, 0.2) is 67.3 Å². The van der Waals surface area contributed by atoms with Gasteiger partial charge < -0.3 is 9.72 Å². The maximum absolute atomic E-state index is 12.8. The van der Waals surface area contributed by atoms with Gasteiger partial charge in [0.2, 0.25) is 0 Å². The van der Waals surface area contributed by atoms with Crippen LogP contribution in [0.4, 0.5) is 4.39 Å². The van der Waals surface area contributed by atoms with Gasteiger partial charge in [0.15, 0.2) is 5.15 Å². The van der Waals surface area contributed by atoms with Gasteiger partial charge >= 0.3 is 0 Å². The minimum Gasteiger partial charge on any atom is -0.457 e. The molecule has 32 heavy (non-hydrogen) atoms. The number of H-pyrrole nitrogens is 1. The number of nitrogens with one attached hydrogen (secondary N) is 1. The molecule has 0 unspecified atom stereocenters. The summed E-state index contributed by atoms with van der Waals surface area (Å²) < 4.78 is 20.3. The Morgan fingerprint density at radius 1 is 1.09 bits per heavy atom. The summed E-state index contributed by atoms with van der Waals surface area (Å²) in [5.74, 6) is 1.55. The van der Waals surface area contributed by atoms with Crippen LogP contribution < -0.4 is 4.74 Å². The molecular formula is C23H16ClFN6O. The van der Waals surface area contributed by atoms with Crippen molar-refractivity contribution in [2.24, 2.45) is 0 Å². The monoisotopic (exact) mass is 446 g/mol. The zero-order valence-electron chi connectivity index (χ0n) is 16.9. The molecule has 5 aromatic rings. The van der Waals surface area contributed by atoms with Crippen LogP contribution in [0.25, 0.3) is 39.5 Å². The number of aromatic amines is 1. The highest BCUT2D eigenvalue weighted by Crippen LogP contribution is 2.30. The van der Waals surface area contributed by atoms with Crippen molar-refractivity contribution in [1.29, 1.82) is 0 Å². The van der Waals surface area contributed by atoms with Crippen molar-refractivity contribution in [3.05, 3.63) is 78.3 Å². The summed E-state index contributed by atoms with van der Waals surface area (Å²) in [6.45, 7) is 5.09. The Balaban J connectivity index is 1.47. The van der Waals surface area contributed by atoms with Crippen LogP contribution in [0.1, 0.15) is 5.82 Å². The Morgan fingerprint density at radius 3 is 2.69 bits per heavy atom. The smallest absolute Gasteiger partial charge is 0.156 e. The predicted octanol–water partition coefficient (Wildman–Crippen LogP) is 6.08. The van der Waals surface area contributed by atoms with Gasteiger partial charge in [-0.05, 0) is 37.3 Å². The van der Waals surface area contributed by atoms with Crippen molar-refractivity contribution in [3.63, 3.8) is 0 Å². The Labute approximate surface area is 186 Å². The summed E-state index contributed by atoms with van der Waals surface area (Å²) >= 11 is 6.36. The predicted molar refractivity (Wildman–Crippen MR) is 122 cm³/mol. The summed E-state index contributed by atoms with van der Waals surface area (Å²) in [6, 6.07) is 11.1. The highest BCUT2D eigenvalue weighted by molar-refractivity contribution is 6.32. The van der Waals surface area contributed by atoms with Crippen LogP contribution in [0.2, 0.25) is 5.15 Å². The van der Waals surface area contributed by atoms with E-state index in [-0.39, 0.29) is 5.15 Å². The van der Waals surface area contributed by atoms with E-state index >= 15 is 0 Å². The summed E-state index contributed by atoms with van der Waals surface area (Å²) in [5, 5.41) is 4.39. The molecule has 0 fully saturated rings. The molecule has 0 aliphatic carbocycles. The molecule has 0 radical (unpaired) electrons. The molecule has 9 heteroatoms. The Kier molecular flexibility index (Phi) is 4.91. The highest BCUT2D eigenvalue weighted by Gasteiger charge is 2.12. The molecule has 3 heterocycles. The van der Waals surface area contributed by atoms with E-state index in [2.05, 4.69) is 31.6 Å². The van der Waals surface area contributed by atoms with Gasteiger partial charge in [0, 0.05) is 30.1 Å². The van der Waals surface area contributed by atoms with E-state index < -0.39 is 5.83 Å². The Hall–Kier alpha value is -4.04. The number of rotatable bonds is 5. The van der Waals surface area contributed by atoms with Crippen molar-refractivity contribution in [2.75, 3.05) is 0 Å². The lowest BCUT2D eigenvalue weighted by molar-refractivity contribution is 0.484. The average molecular weight is 447 g/mol. The molecule has 0 aliphatic heterocycles. The van der Waals surface area contributed by atoms with E-state index in [0.717, 1.165) is 16.9 Å². The first-order valence-corrected chi connectivity index (χ1v) is 10.0. The highest BCUT2D eigenvalue weighted by atomic mass is 35.5. The maximum Gasteiger partial charge on any atom is 0.156 e. The molecule has 2 aromatic carbocycles. The zero-order chi connectivity index (χ0) is 22.2. The van der Waals surface area contributed by atoms with E-state index in [4.69, 9.17) is 16.3 Å². The van der Waals surface area contributed by atoms with E-state index in [1.807, 2.05) is 31.2 Å². The second kappa shape index (κ2) is 7.90. The lowest BCUT2D eigenvalue weighted by atomic mass is 10.2. The van der Waals surface area contributed by atoms with Crippen LogP contribution in [-0.4, -0.2) is 29.7 Å². The van der Waals surface area contributed by atoms with E-state index in [1.54, 1.807) is 24.5 Å². The first-order valence-electron chi connectivity index (χ1n) is 9.63. The molecule has 158 valence electrons. The average Bonchev–Trinajstić information content (AvgIpc) is 3.37. The maximum atomic E-state index is 12.8. The van der Waals surface area contributed by atoms with Crippen molar-refractivity contribution in [3.8, 4) is 22.8 Å². The first kappa shape index (κ1) is 19.9. The quantitative estimate of drug-likeness (QED) is 0.331. The summed E-state index contributed by atoms with van der Waals surface area (Å²) in [4.78, 5) is 16.7. The fourth-order valence-electron chi connectivity index (χ4n) is 3.27. The zero-order valence-corrected chi connectivity index (χ0v) is 17.6. The first-order chi connectivity index (χ1) is 15.4. The lowest BCUT2D eigenvalue weighted by Crippen LogP contribution is -1.92. The standard InChI is InChI=1S/C23H16ClFN6O/c1-13(25)7-8-31-12-15(11-26-31)22-23(24)30-19-6-4-17(10-21(19)29-22)32-16-3-5-18-20(9-16)28-14(2)27-18/h3-12H,1H2,2H3,(H,27,28)/b8-7+. The van der Waals surface area contributed by atoms with Crippen LogP contribution in [0.3, 0.4) is 0 Å². The topological polar surface area (TPSA) is 81.5 Å². The molecule has 3 aromatic heterocycles. The number of imidazole rings is 1. The normalized spacial score (nSPS) is 11.6. The van der Waals surface area contributed by atoms with E-state index in [1.165, 1.54) is 17.0 Å². The van der Waals surface area contributed by atoms with Gasteiger partial charge in [0.25, 0.3) is 0 Å². The number of halogens is 2. The molecule has 0 aliphatic rings. The van der Waals surface area contributed by atoms with Gasteiger partial charge in [-0.3, -0.25) is 0 Å². The van der Waals surface area contributed by atoms with Crippen molar-refractivity contribution < 1.29 is 9.13 Å². The third-order valence-electron chi connectivity index (χ3n) is 4.68. The number of ether oxygens (including phenoxy) is 1. The van der Waals surface area contributed by atoms with Gasteiger partial charge in [-0.25, -0.2) is 24.0 Å². The molecule has 0 bridgehead atoms. The second-order valence-electron chi connectivity index (χ2n) is 7.09. The molecule has 0 saturated carbocycles. The van der Waals surface area contributed by atoms with Crippen molar-refractivity contribution in [2.45, 2.75) is 6.92 Å². The molecule has 0 saturated heterocycles. The van der Waals surface area contributed by atoms with Gasteiger partial charge in [0.1, 0.15) is 28.8 Å². The molecule has 0 atom stereocenters. The number of allylic oxidation sites excluding steroid dienone is 2. The minimum atomic E-state index is -0.570. The molecule has 0 spiro atoms. The molecular weight excluding hydrogens is 431 g/mol. The number of fused-ring (bicyclic) bond motifs is 2. The molecule has 0 amide bonds. The summed E-state index contributed by atoms with van der Waals surface area (Å²) in [6.07, 6.45) is 5.90. The second-order valence-corrected chi connectivity index (χ2v) is 7.45. The van der Waals surface area contributed by atoms with Crippen LogP contribution in [-0.2, 0) is 0 Å². The largest absolute Gasteiger partial charge is 0.457 e. The van der Waals surface area contributed by atoms with E-state index in [9.17, 15) is 4.39 Å². The third-order valence-corrected chi connectivity index (χ3v) is 4.95. The summed E-state index contributed by atoms with van der Waals surface area (Å²) in [5.41, 5.74) is 4.13. The van der Waals surface area contributed by atoms with Crippen molar-refractivity contribution >= 4 is 39.9 Å². The molecule has 7 nitrogen and oxygen atoms in total. The van der Waals surface area contributed by atoms with Gasteiger partial charge in [0.05, 0.1) is 28.3 Å². The number of aryl methyl sites for hydroxylation is 1. The fraction of sp³-hybridized carbons (Fsp3) is 0.0435.